The highest BCUT2D eigenvalue weighted by Crippen LogP contribution is 2.16. The van der Waals surface area contributed by atoms with Crippen molar-refractivity contribution in [3.8, 4) is 0 Å². The predicted octanol–water partition coefficient (Wildman–Crippen LogP) is 0.171. The lowest BCUT2D eigenvalue weighted by Gasteiger charge is -2.17. The van der Waals surface area contributed by atoms with Crippen LogP contribution in [0.1, 0.15) is 32.6 Å². The van der Waals surface area contributed by atoms with Crippen LogP contribution in [0.15, 0.2) is 24.3 Å². The Morgan fingerprint density at radius 3 is 1.65 bits per heavy atom. The highest BCUT2D eigenvalue weighted by molar-refractivity contribution is 6.13. The van der Waals surface area contributed by atoms with E-state index in [1.807, 2.05) is 0 Å². The minimum Gasteiger partial charge on any atom is -0.300 e. The molecule has 0 radical (unpaired) electrons. The minimum atomic E-state index is -0.508. The molecule has 0 aliphatic carbocycles. The lowest BCUT2D eigenvalue weighted by atomic mass is 9.92. The summed E-state index contributed by atoms with van der Waals surface area (Å²) in [4.78, 5) is 72.2. The van der Waals surface area contributed by atoms with E-state index in [4.69, 9.17) is 0 Å². The van der Waals surface area contributed by atoms with Crippen molar-refractivity contribution in [2.24, 2.45) is 5.92 Å². The van der Waals surface area contributed by atoms with Crippen molar-refractivity contribution >= 4 is 35.2 Å². The molecule has 1 atom stereocenters. The number of ketones is 2. The molecule has 2 aliphatic heterocycles. The number of Topliss-reactive ketones (excluding diaryl/α,β-unsaturated/α-hetero) is 2. The van der Waals surface area contributed by atoms with Crippen LogP contribution >= 0.6 is 0 Å². The molecule has 0 aromatic carbocycles. The summed E-state index contributed by atoms with van der Waals surface area (Å²) < 4.78 is 0. The van der Waals surface area contributed by atoms with E-state index < -0.39 is 29.5 Å². The highest BCUT2D eigenvalue weighted by atomic mass is 16.2. The van der Waals surface area contributed by atoms with Crippen LogP contribution in [0.5, 0.6) is 0 Å². The third kappa shape index (κ3) is 4.59. The van der Waals surface area contributed by atoms with Gasteiger partial charge in [0.15, 0.2) is 0 Å². The first kappa shape index (κ1) is 19.4. The number of imide groups is 2. The van der Waals surface area contributed by atoms with Gasteiger partial charge in [0.2, 0.25) is 0 Å². The second-order valence-corrected chi connectivity index (χ2v) is 6.14. The van der Waals surface area contributed by atoms with E-state index >= 15 is 0 Å². The van der Waals surface area contributed by atoms with Crippen molar-refractivity contribution in [1.29, 1.82) is 0 Å². The quantitative estimate of drug-likeness (QED) is 0.514. The summed E-state index contributed by atoms with van der Waals surface area (Å²) in [5, 5.41) is 0. The normalized spacial score (nSPS) is 17.6. The van der Waals surface area contributed by atoms with Crippen LogP contribution in [0.25, 0.3) is 0 Å². The van der Waals surface area contributed by atoms with Crippen LogP contribution in [0.3, 0.4) is 0 Å². The number of rotatable bonds is 10. The number of nitrogens with zero attached hydrogens (tertiary/aromatic N) is 2. The molecule has 2 heterocycles. The fourth-order valence-corrected chi connectivity index (χ4v) is 2.83. The third-order valence-electron chi connectivity index (χ3n) is 4.42. The Bertz CT molecular complexity index is 685. The van der Waals surface area contributed by atoms with Crippen LogP contribution in [-0.2, 0) is 28.8 Å². The summed E-state index contributed by atoms with van der Waals surface area (Å²) >= 11 is 0. The van der Waals surface area contributed by atoms with Gasteiger partial charge >= 0.3 is 0 Å². The number of carbonyl (C=O) groups excluding carboxylic acids is 6. The zero-order valence-corrected chi connectivity index (χ0v) is 14.5. The molecule has 0 saturated heterocycles. The summed E-state index contributed by atoms with van der Waals surface area (Å²) in [6.07, 6.45) is 5.08. The first-order valence-electron chi connectivity index (χ1n) is 8.45. The predicted molar refractivity (Wildman–Crippen MR) is 89.4 cm³/mol. The van der Waals surface area contributed by atoms with Gasteiger partial charge in [-0.1, -0.05) is 6.92 Å². The molecule has 26 heavy (non-hydrogen) atoms. The molecular weight excluding hydrogens is 340 g/mol. The largest absolute Gasteiger partial charge is 0.300 e. The molecule has 0 spiro atoms. The maximum Gasteiger partial charge on any atom is 0.253 e. The summed E-state index contributed by atoms with van der Waals surface area (Å²) in [6.45, 7) is 1.77. The second kappa shape index (κ2) is 8.46. The lowest BCUT2D eigenvalue weighted by Crippen LogP contribution is -2.34. The van der Waals surface area contributed by atoms with Crippen molar-refractivity contribution in [2.45, 2.75) is 32.6 Å². The number of hydrogen-bond acceptors (Lipinski definition) is 6. The van der Waals surface area contributed by atoms with Gasteiger partial charge in [-0.05, 0) is 6.42 Å². The molecule has 4 amide bonds. The van der Waals surface area contributed by atoms with Gasteiger partial charge in [0.05, 0.1) is 0 Å². The number of carbonyl (C=O) groups is 6. The fourth-order valence-electron chi connectivity index (χ4n) is 2.83. The SMILES string of the molecule is CCC(CC(=O)CCN1C(=O)C=CC1=O)C(=O)CCN1C(=O)C=CC1=O. The first-order chi connectivity index (χ1) is 12.3. The van der Waals surface area contributed by atoms with E-state index in [-0.39, 0.29) is 43.9 Å². The van der Waals surface area contributed by atoms with Crippen LogP contribution in [0.2, 0.25) is 0 Å². The molecule has 0 aromatic heterocycles. The fraction of sp³-hybridized carbons (Fsp3) is 0.444. The minimum absolute atomic E-state index is 0.00202. The summed E-state index contributed by atoms with van der Waals surface area (Å²) in [5.41, 5.74) is 0. The Kier molecular flexibility index (Phi) is 6.32. The molecule has 8 heteroatoms. The van der Waals surface area contributed by atoms with E-state index in [2.05, 4.69) is 0 Å². The zero-order chi connectivity index (χ0) is 19.3. The Balaban J connectivity index is 1.78. The Morgan fingerprint density at radius 2 is 1.23 bits per heavy atom. The van der Waals surface area contributed by atoms with Crippen LogP contribution < -0.4 is 0 Å². The lowest BCUT2D eigenvalue weighted by molar-refractivity contribution is -0.139. The summed E-state index contributed by atoms with van der Waals surface area (Å²) in [7, 11) is 0. The number of amides is 4. The van der Waals surface area contributed by atoms with Crippen molar-refractivity contribution in [1.82, 2.24) is 9.80 Å². The van der Waals surface area contributed by atoms with Gasteiger partial charge in [0.25, 0.3) is 23.6 Å². The number of hydrogen-bond donors (Lipinski definition) is 0. The van der Waals surface area contributed by atoms with Crippen molar-refractivity contribution in [3.05, 3.63) is 24.3 Å². The zero-order valence-electron chi connectivity index (χ0n) is 14.5. The average Bonchev–Trinajstić information content (AvgIpc) is 3.10. The molecule has 138 valence electrons. The van der Waals surface area contributed by atoms with Crippen molar-refractivity contribution in [2.75, 3.05) is 13.1 Å². The van der Waals surface area contributed by atoms with E-state index in [9.17, 15) is 28.8 Å². The molecule has 8 nitrogen and oxygen atoms in total. The molecule has 0 N–H and O–H groups in total. The van der Waals surface area contributed by atoms with Crippen LogP contribution in [0, 0.1) is 5.92 Å². The molecule has 2 aliphatic rings. The third-order valence-corrected chi connectivity index (χ3v) is 4.42. The van der Waals surface area contributed by atoms with Gasteiger partial charge in [0, 0.05) is 62.6 Å². The van der Waals surface area contributed by atoms with E-state index in [0.29, 0.717) is 6.42 Å². The Hall–Kier alpha value is -2.90. The Labute approximate surface area is 150 Å². The van der Waals surface area contributed by atoms with E-state index in [0.717, 1.165) is 34.1 Å². The van der Waals surface area contributed by atoms with Crippen LogP contribution in [0.4, 0.5) is 0 Å². The van der Waals surface area contributed by atoms with Gasteiger partial charge < -0.3 is 0 Å². The smallest absolute Gasteiger partial charge is 0.253 e. The topological polar surface area (TPSA) is 109 Å². The van der Waals surface area contributed by atoms with Crippen molar-refractivity contribution < 1.29 is 28.8 Å². The Morgan fingerprint density at radius 1 is 0.808 bits per heavy atom. The van der Waals surface area contributed by atoms with Crippen molar-refractivity contribution in [3.63, 3.8) is 0 Å². The molecule has 2 rings (SSSR count). The molecule has 0 aromatic rings. The second-order valence-electron chi connectivity index (χ2n) is 6.14. The summed E-state index contributed by atoms with van der Waals surface area (Å²) in [5.74, 6) is -2.69. The molecule has 1 unspecified atom stereocenters. The van der Waals surface area contributed by atoms with E-state index in [1.54, 1.807) is 6.92 Å². The van der Waals surface area contributed by atoms with Gasteiger partial charge in [-0.15, -0.1) is 0 Å². The van der Waals surface area contributed by atoms with Gasteiger partial charge in [-0.3, -0.25) is 38.6 Å². The molecule has 0 bridgehead atoms. The maximum atomic E-state index is 12.3. The monoisotopic (exact) mass is 360 g/mol. The highest BCUT2D eigenvalue weighted by Gasteiger charge is 2.27. The van der Waals surface area contributed by atoms with E-state index in [1.165, 1.54) is 0 Å². The maximum absolute atomic E-state index is 12.3. The van der Waals surface area contributed by atoms with Gasteiger partial charge in [-0.2, -0.15) is 0 Å². The first-order valence-corrected chi connectivity index (χ1v) is 8.45. The summed E-state index contributed by atoms with van der Waals surface area (Å²) in [6, 6.07) is 0. The van der Waals surface area contributed by atoms with Crippen LogP contribution in [-0.4, -0.2) is 58.1 Å². The molecular formula is C18H20N2O6. The average molecular weight is 360 g/mol. The van der Waals surface area contributed by atoms with Gasteiger partial charge in [-0.25, -0.2) is 0 Å². The van der Waals surface area contributed by atoms with Gasteiger partial charge in [0.1, 0.15) is 11.6 Å². The molecule has 0 fully saturated rings. The standard InChI is InChI=1S/C18H20N2O6/c1-2-12(14(22)8-10-20-17(25)5-6-18(20)26)11-13(21)7-9-19-15(23)3-4-16(19)24/h3-6,12H,2,7-11H2,1H3. The molecule has 0 saturated carbocycles.